The number of ether oxygens (including phenoxy) is 1. The number of methoxy groups -OCH3 is 1. The maximum absolute atomic E-state index is 12.7. The van der Waals surface area contributed by atoms with Crippen LogP contribution in [0.5, 0.6) is 5.75 Å². The normalized spacial score (nSPS) is 17.7. The highest BCUT2D eigenvalue weighted by molar-refractivity contribution is 9.10. The van der Waals surface area contributed by atoms with Crippen LogP contribution in [0.25, 0.3) is 0 Å². The zero-order valence-electron chi connectivity index (χ0n) is 14.7. The summed E-state index contributed by atoms with van der Waals surface area (Å²) in [6.07, 6.45) is 1.91. The van der Waals surface area contributed by atoms with Crippen molar-refractivity contribution in [1.82, 2.24) is 4.90 Å². The number of hydrogen-bond acceptors (Lipinski definition) is 3. The van der Waals surface area contributed by atoms with Gasteiger partial charge in [-0.05, 0) is 55.3 Å². The minimum Gasteiger partial charge on any atom is -0.495 e. The van der Waals surface area contributed by atoms with Gasteiger partial charge in [0.25, 0.3) is 0 Å². The Hall–Kier alpha value is -1.56. The molecule has 1 unspecified atom stereocenters. The fraction of sp³-hybridized carbons (Fsp3) is 0.350. The van der Waals surface area contributed by atoms with E-state index in [1.165, 1.54) is 5.56 Å². The third kappa shape index (κ3) is 5.00. The van der Waals surface area contributed by atoms with Gasteiger partial charge in [-0.1, -0.05) is 39.7 Å². The van der Waals surface area contributed by atoms with Crippen LogP contribution >= 0.6 is 27.5 Å². The minimum atomic E-state index is -0.0390. The fourth-order valence-electron chi connectivity index (χ4n) is 3.27. The Bertz CT molecular complexity index is 767. The van der Waals surface area contributed by atoms with E-state index in [9.17, 15) is 4.79 Å². The highest BCUT2D eigenvalue weighted by Gasteiger charge is 2.26. The van der Waals surface area contributed by atoms with Gasteiger partial charge in [0.05, 0.1) is 18.7 Å². The number of piperidine rings is 1. The SMILES string of the molecule is COc1ccc(Cl)cc1NC(=O)C1CCCN(Cc2ccc(Br)cc2)C1. The van der Waals surface area contributed by atoms with E-state index < -0.39 is 0 Å². The number of carbonyl (C=O) groups excluding carboxylic acids is 1. The van der Waals surface area contributed by atoms with Crippen LogP contribution in [-0.2, 0) is 11.3 Å². The van der Waals surface area contributed by atoms with Crippen molar-refractivity contribution in [2.45, 2.75) is 19.4 Å². The Kier molecular flexibility index (Phi) is 6.57. The Labute approximate surface area is 167 Å². The molecule has 0 radical (unpaired) electrons. The lowest BCUT2D eigenvalue weighted by molar-refractivity contribution is -0.121. The van der Waals surface area contributed by atoms with Gasteiger partial charge in [-0.25, -0.2) is 0 Å². The second-order valence-electron chi connectivity index (χ2n) is 6.53. The summed E-state index contributed by atoms with van der Waals surface area (Å²) in [5, 5.41) is 3.55. The first kappa shape index (κ1) is 19.2. The summed E-state index contributed by atoms with van der Waals surface area (Å²) in [5.74, 6) is 0.597. The average Bonchev–Trinajstić information content (AvgIpc) is 2.64. The fourth-order valence-corrected chi connectivity index (χ4v) is 3.71. The molecule has 1 heterocycles. The van der Waals surface area contributed by atoms with Crippen molar-refractivity contribution < 1.29 is 9.53 Å². The number of rotatable bonds is 5. The van der Waals surface area contributed by atoms with Crippen molar-refractivity contribution in [2.24, 2.45) is 5.92 Å². The number of likely N-dealkylation sites (tertiary alicyclic amines) is 1. The average molecular weight is 438 g/mol. The van der Waals surface area contributed by atoms with Crippen LogP contribution in [0.4, 0.5) is 5.69 Å². The molecule has 1 atom stereocenters. The highest BCUT2D eigenvalue weighted by Crippen LogP contribution is 2.29. The molecule has 1 aliphatic rings. The Morgan fingerprint density at radius 2 is 2.08 bits per heavy atom. The maximum atomic E-state index is 12.7. The van der Waals surface area contributed by atoms with Gasteiger partial charge in [0.2, 0.25) is 5.91 Å². The van der Waals surface area contributed by atoms with Crippen molar-refractivity contribution in [2.75, 3.05) is 25.5 Å². The van der Waals surface area contributed by atoms with Crippen LogP contribution in [0.15, 0.2) is 46.9 Å². The van der Waals surface area contributed by atoms with Gasteiger partial charge < -0.3 is 10.1 Å². The van der Waals surface area contributed by atoms with Gasteiger partial charge in [0.15, 0.2) is 0 Å². The zero-order chi connectivity index (χ0) is 18.5. The van der Waals surface area contributed by atoms with Crippen molar-refractivity contribution in [3.05, 3.63) is 57.5 Å². The lowest BCUT2D eigenvalue weighted by atomic mass is 9.96. The molecule has 0 aromatic heterocycles. The predicted molar refractivity (Wildman–Crippen MR) is 109 cm³/mol. The summed E-state index contributed by atoms with van der Waals surface area (Å²) in [7, 11) is 1.58. The summed E-state index contributed by atoms with van der Waals surface area (Å²) in [5.41, 5.74) is 1.88. The van der Waals surface area contributed by atoms with Gasteiger partial charge in [0.1, 0.15) is 5.75 Å². The number of amides is 1. The van der Waals surface area contributed by atoms with Crippen molar-refractivity contribution in [3.8, 4) is 5.75 Å². The van der Waals surface area contributed by atoms with Gasteiger partial charge in [-0.3, -0.25) is 9.69 Å². The summed E-state index contributed by atoms with van der Waals surface area (Å²) >= 11 is 9.51. The first-order valence-electron chi connectivity index (χ1n) is 8.66. The second-order valence-corrected chi connectivity index (χ2v) is 7.89. The van der Waals surface area contributed by atoms with Gasteiger partial charge in [-0.2, -0.15) is 0 Å². The van der Waals surface area contributed by atoms with E-state index in [4.69, 9.17) is 16.3 Å². The molecule has 26 heavy (non-hydrogen) atoms. The topological polar surface area (TPSA) is 41.6 Å². The van der Waals surface area contributed by atoms with Gasteiger partial charge >= 0.3 is 0 Å². The maximum Gasteiger partial charge on any atom is 0.228 e. The Morgan fingerprint density at radius 3 is 2.81 bits per heavy atom. The molecule has 0 aliphatic carbocycles. The van der Waals surface area contributed by atoms with Gasteiger partial charge in [-0.15, -0.1) is 0 Å². The predicted octanol–water partition coefficient (Wildman–Crippen LogP) is 4.96. The first-order chi connectivity index (χ1) is 12.5. The molecule has 3 rings (SSSR count). The molecule has 6 heteroatoms. The highest BCUT2D eigenvalue weighted by atomic mass is 79.9. The van der Waals surface area contributed by atoms with E-state index in [0.717, 1.165) is 36.9 Å². The number of anilines is 1. The van der Waals surface area contributed by atoms with Crippen molar-refractivity contribution in [1.29, 1.82) is 0 Å². The van der Waals surface area contributed by atoms with E-state index in [1.54, 1.807) is 25.3 Å². The molecule has 2 aromatic carbocycles. The number of nitrogens with zero attached hydrogens (tertiary/aromatic N) is 1. The monoisotopic (exact) mass is 436 g/mol. The van der Waals surface area contributed by atoms with E-state index in [-0.39, 0.29) is 11.8 Å². The van der Waals surface area contributed by atoms with Crippen LogP contribution in [0, 0.1) is 5.92 Å². The lowest BCUT2D eigenvalue weighted by Gasteiger charge is -2.32. The number of nitrogens with one attached hydrogen (secondary N) is 1. The molecule has 138 valence electrons. The van der Waals surface area contributed by atoms with E-state index in [1.807, 2.05) is 0 Å². The number of hydrogen-bond donors (Lipinski definition) is 1. The van der Waals surface area contributed by atoms with Crippen LogP contribution in [0.3, 0.4) is 0 Å². The number of halogens is 2. The van der Waals surface area contributed by atoms with Crippen LogP contribution in [0.1, 0.15) is 18.4 Å². The summed E-state index contributed by atoms with van der Waals surface area (Å²) < 4.78 is 6.39. The minimum absolute atomic E-state index is 0.0195. The molecular weight excluding hydrogens is 416 g/mol. The summed E-state index contributed by atoms with van der Waals surface area (Å²) in [4.78, 5) is 15.1. The van der Waals surface area contributed by atoms with Crippen LogP contribution < -0.4 is 10.1 Å². The second kappa shape index (κ2) is 8.89. The standard InChI is InChI=1S/C20H22BrClN2O2/c1-26-19-9-8-17(22)11-18(19)23-20(25)15-3-2-10-24(13-15)12-14-4-6-16(21)7-5-14/h4-9,11,15H,2-3,10,12-13H2,1H3,(H,23,25). The molecule has 4 nitrogen and oxygen atoms in total. The molecule has 1 N–H and O–H groups in total. The Balaban J connectivity index is 1.62. The van der Waals surface area contributed by atoms with E-state index in [2.05, 4.69) is 50.4 Å². The number of benzene rings is 2. The zero-order valence-corrected chi connectivity index (χ0v) is 17.0. The van der Waals surface area contributed by atoms with Crippen molar-refractivity contribution in [3.63, 3.8) is 0 Å². The summed E-state index contributed by atoms with van der Waals surface area (Å²) in [6, 6.07) is 13.6. The smallest absolute Gasteiger partial charge is 0.228 e. The summed E-state index contributed by atoms with van der Waals surface area (Å²) in [6.45, 7) is 2.63. The van der Waals surface area contributed by atoms with E-state index >= 15 is 0 Å². The molecule has 0 spiro atoms. The van der Waals surface area contributed by atoms with Gasteiger partial charge in [0, 0.05) is 22.6 Å². The molecule has 1 aliphatic heterocycles. The first-order valence-corrected chi connectivity index (χ1v) is 9.83. The third-order valence-corrected chi connectivity index (χ3v) is 5.38. The molecule has 1 amide bonds. The van der Waals surface area contributed by atoms with Crippen LogP contribution in [0.2, 0.25) is 5.02 Å². The molecule has 1 fully saturated rings. The van der Waals surface area contributed by atoms with E-state index in [0.29, 0.717) is 16.5 Å². The lowest BCUT2D eigenvalue weighted by Crippen LogP contribution is -2.40. The molecule has 1 saturated heterocycles. The van der Waals surface area contributed by atoms with Crippen molar-refractivity contribution >= 4 is 39.1 Å². The molecule has 0 saturated carbocycles. The largest absolute Gasteiger partial charge is 0.495 e. The molecule has 0 bridgehead atoms. The Morgan fingerprint density at radius 1 is 1.31 bits per heavy atom. The van der Waals surface area contributed by atoms with Crippen LogP contribution in [-0.4, -0.2) is 31.0 Å². The third-order valence-electron chi connectivity index (χ3n) is 4.62. The molecule has 2 aromatic rings. The quantitative estimate of drug-likeness (QED) is 0.718. The number of carbonyl (C=O) groups is 1. The molecular formula is C20H22BrClN2O2.